The van der Waals surface area contributed by atoms with Gasteiger partial charge in [-0.1, -0.05) is 30.7 Å². The molecular weight excluding hydrogens is 452 g/mol. The number of aryl methyl sites for hydroxylation is 1. The lowest BCUT2D eigenvalue weighted by Crippen LogP contribution is -2.52. The molecule has 4 atom stereocenters. The Morgan fingerprint density at radius 3 is 2.56 bits per heavy atom. The van der Waals surface area contributed by atoms with Gasteiger partial charge in [0.25, 0.3) is 0 Å². The van der Waals surface area contributed by atoms with Crippen molar-refractivity contribution in [3.05, 3.63) is 47.2 Å². The second-order valence-electron chi connectivity index (χ2n) is 11.2. The predicted octanol–water partition coefficient (Wildman–Crippen LogP) is 5.40. The minimum Gasteiger partial charge on any atom is -0.444 e. The molecule has 1 unspecified atom stereocenters. The van der Waals surface area contributed by atoms with E-state index < -0.39 is 5.60 Å². The van der Waals surface area contributed by atoms with Gasteiger partial charge in [0.1, 0.15) is 23.1 Å². The molecule has 3 N–H and O–H groups in total. The lowest BCUT2D eigenvalue weighted by molar-refractivity contribution is 0.0324. The highest BCUT2D eigenvalue weighted by Crippen LogP contribution is 2.43. The molecule has 1 heterocycles. The van der Waals surface area contributed by atoms with Crippen LogP contribution in [0, 0.1) is 36.0 Å². The Balaban J connectivity index is 1.35. The first kappa shape index (κ1) is 25.7. The zero-order valence-electron chi connectivity index (χ0n) is 21.8. The molecule has 2 aliphatic carbocycles. The second-order valence-corrected chi connectivity index (χ2v) is 11.2. The number of anilines is 2. The highest BCUT2D eigenvalue weighted by Gasteiger charge is 2.41. The summed E-state index contributed by atoms with van der Waals surface area (Å²) >= 11 is 0. The number of fused-ring (bicyclic) bond motifs is 2. The van der Waals surface area contributed by atoms with Crippen molar-refractivity contribution < 1.29 is 9.53 Å². The topological polar surface area (TPSA) is 112 Å². The number of nitriles is 1. The van der Waals surface area contributed by atoms with Crippen LogP contribution in [0.1, 0.15) is 69.6 Å². The van der Waals surface area contributed by atoms with Gasteiger partial charge in [-0.25, -0.2) is 9.78 Å². The number of nitrogens with one attached hydrogen (secondary N) is 3. The Hall–Kier alpha value is -3.34. The average Bonchev–Trinajstić information content (AvgIpc) is 2.81. The quantitative estimate of drug-likeness (QED) is 0.476. The molecule has 1 aromatic heterocycles. The maximum absolute atomic E-state index is 12.4. The van der Waals surface area contributed by atoms with Crippen LogP contribution in [0.25, 0.3) is 0 Å². The van der Waals surface area contributed by atoms with Crippen LogP contribution in [0.5, 0.6) is 0 Å². The lowest BCUT2D eigenvalue weighted by atomic mass is 9.64. The van der Waals surface area contributed by atoms with Crippen molar-refractivity contribution in [2.45, 2.75) is 78.0 Å². The fourth-order valence-corrected chi connectivity index (χ4v) is 5.62. The fourth-order valence-electron chi connectivity index (χ4n) is 5.62. The lowest BCUT2D eigenvalue weighted by Gasteiger charge is -2.46. The largest absolute Gasteiger partial charge is 0.444 e. The Morgan fingerprint density at radius 1 is 1.17 bits per heavy atom. The van der Waals surface area contributed by atoms with Crippen LogP contribution in [0.15, 0.2) is 30.5 Å². The van der Waals surface area contributed by atoms with E-state index in [0.29, 0.717) is 41.6 Å². The number of nitrogens with zero attached hydrogens (tertiary/aromatic N) is 3. The normalized spacial score (nSPS) is 23.3. The van der Waals surface area contributed by atoms with Crippen LogP contribution in [-0.4, -0.2) is 34.2 Å². The van der Waals surface area contributed by atoms with Crippen molar-refractivity contribution in [2.24, 2.45) is 17.8 Å². The summed E-state index contributed by atoms with van der Waals surface area (Å²) in [7, 11) is 0. The molecule has 8 heteroatoms. The van der Waals surface area contributed by atoms with Gasteiger partial charge in [-0.2, -0.15) is 10.2 Å². The summed E-state index contributed by atoms with van der Waals surface area (Å²) in [5.41, 5.74) is 2.34. The molecule has 8 nitrogen and oxygen atoms in total. The van der Waals surface area contributed by atoms with E-state index in [1.807, 2.05) is 32.9 Å². The van der Waals surface area contributed by atoms with E-state index in [9.17, 15) is 10.1 Å². The second kappa shape index (κ2) is 11.2. The first-order valence-corrected chi connectivity index (χ1v) is 13.0. The van der Waals surface area contributed by atoms with Gasteiger partial charge < -0.3 is 20.7 Å². The molecule has 1 amide bonds. The molecule has 0 spiro atoms. The van der Waals surface area contributed by atoms with E-state index in [4.69, 9.17) is 4.74 Å². The molecule has 36 heavy (non-hydrogen) atoms. The molecule has 2 aromatic rings. The minimum atomic E-state index is -0.496. The molecule has 2 aliphatic rings. The third-order valence-electron chi connectivity index (χ3n) is 7.29. The molecular formula is C28H38N6O2. The van der Waals surface area contributed by atoms with E-state index in [-0.39, 0.29) is 12.1 Å². The van der Waals surface area contributed by atoms with Crippen LogP contribution < -0.4 is 16.0 Å². The van der Waals surface area contributed by atoms with E-state index in [1.165, 1.54) is 17.5 Å². The molecule has 2 bridgehead atoms. The van der Waals surface area contributed by atoms with Crippen molar-refractivity contribution >= 4 is 17.9 Å². The first-order chi connectivity index (χ1) is 17.2. The number of rotatable bonds is 7. The number of hydrogen-bond acceptors (Lipinski definition) is 7. The van der Waals surface area contributed by atoms with Gasteiger partial charge in [0.2, 0.25) is 5.95 Å². The number of carbonyl (C=O) groups is 1. The van der Waals surface area contributed by atoms with Crippen LogP contribution in [-0.2, 0) is 11.3 Å². The Bertz CT molecular complexity index is 1090. The molecule has 0 saturated heterocycles. The van der Waals surface area contributed by atoms with Crippen molar-refractivity contribution in [3.8, 4) is 6.07 Å². The third kappa shape index (κ3) is 6.66. The zero-order chi connectivity index (χ0) is 25.7. The Morgan fingerprint density at radius 2 is 1.89 bits per heavy atom. The van der Waals surface area contributed by atoms with Gasteiger partial charge in [-0.05, 0) is 82.3 Å². The van der Waals surface area contributed by atoms with Gasteiger partial charge in [0.05, 0.1) is 6.20 Å². The molecule has 0 radical (unpaired) electrons. The van der Waals surface area contributed by atoms with E-state index in [2.05, 4.69) is 51.0 Å². The van der Waals surface area contributed by atoms with Crippen molar-refractivity contribution in [3.63, 3.8) is 0 Å². The maximum Gasteiger partial charge on any atom is 0.407 e. The van der Waals surface area contributed by atoms with Crippen molar-refractivity contribution in [1.29, 1.82) is 5.26 Å². The zero-order valence-corrected chi connectivity index (χ0v) is 21.8. The highest BCUT2D eigenvalue weighted by atomic mass is 16.6. The highest BCUT2D eigenvalue weighted by molar-refractivity contribution is 5.68. The molecule has 2 fully saturated rings. The summed E-state index contributed by atoms with van der Waals surface area (Å²) in [4.78, 5) is 21.3. The summed E-state index contributed by atoms with van der Waals surface area (Å²) < 4.78 is 5.52. The summed E-state index contributed by atoms with van der Waals surface area (Å²) in [6.07, 6.45) is 6.79. The van der Waals surface area contributed by atoms with Gasteiger partial charge in [-0.3, -0.25) is 0 Å². The Kier molecular flexibility index (Phi) is 7.97. The van der Waals surface area contributed by atoms with E-state index >= 15 is 0 Å². The Labute approximate surface area is 214 Å². The average molecular weight is 491 g/mol. The number of ether oxygens (including phenoxy) is 1. The SMILES string of the molecule is Cc1ccccc1CNc1ncc(C#N)c(NCC2C[C@H]3CCC[C@@H](C2)[C@@H]3NC(=O)OC(C)(C)C)n1. The smallest absolute Gasteiger partial charge is 0.407 e. The van der Waals surface area contributed by atoms with Crippen LogP contribution >= 0.6 is 0 Å². The number of amides is 1. The molecule has 0 aliphatic heterocycles. The number of alkyl carbamates (subject to hydrolysis) is 1. The summed E-state index contributed by atoms with van der Waals surface area (Å²) in [5.74, 6) is 2.43. The third-order valence-corrected chi connectivity index (χ3v) is 7.29. The van der Waals surface area contributed by atoms with Crippen LogP contribution in [0.3, 0.4) is 0 Å². The minimum absolute atomic E-state index is 0.177. The van der Waals surface area contributed by atoms with Gasteiger partial charge in [0, 0.05) is 19.1 Å². The summed E-state index contributed by atoms with van der Waals surface area (Å²) in [6, 6.07) is 10.6. The van der Waals surface area contributed by atoms with E-state index in [1.54, 1.807) is 6.20 Å². The number of carbonyl (C=O) groups excluding carboxylic acids is 1. The number of hydrogen-bond donors (Lipinski definition) is 3. The number of benzene rings is 1. The van der Waals surface area contributed by atoms with Gasteiger partial charge in [0.15, 0.2) is 0 Å². The molecule has 1 aromatic carbocycles. The van der Waals surface area contributed by atoms with Crippen molar-refractivity contribution in [1.82, 2.24) is 15.3 Å². The molecule has 2 saturated carbocycles. The first-order valence-electron chi connectivity index (χ1n) is 13.0. The maximum atomic E-state index is 12.4. The standard InChI is InChI=1S/C28H38N6O2/c1-18-8-5-6-9-22(18)16-31-26-32-17-23(14-29)25(34-26)30-15-19-12-20-10-7-11-21(13-19)24(20)33-27(35)36-28(2,3)4/h5-6,8-9,17,19-21,24H,7,10-13,15-16H2,1-4H3,(H,33,35)(H2,30,31,32,34)/t19?,20-,21+,24-. The van der Waals surface area contributed by atoms with Crippen LogP contribution in [0.4, 0.5) is 16.6 Å². The summed E-state index contributed by atoms with van der Waals surface area (Å²) in [5, 5.41) is 19.5. The van der Waals surface area contributed by atoms with Gasteiger partial charge in [-0.15, -0.1) is 0 Å². The molecule has 192 valence electrons. The number of aromatic nitrogens is 2. The predicted molar refractivity (Wildman–Crippen MR) is 140 cm³/mol. The van der Waals surface area contributed by atoms with E-state index in [0.717, 1.165) is 32.2 Å². The summed E-state index contributed by atoms with van der Waals surface area (Å²) in [6.45, 7) is 9.12. The monoisotopic (exact) mass is 490 g/mol. The fraction of sp³-hybridized carbons (Fsp3) is 0.571. The van der Waals surface area contributed by atoms with Crippen LogP contribution in [0.2, 0.25) is 0 Å². The van der Waals surface area contributed by atoms with Crippen molar-refractivity contribution in [2.75, 3.05) is 17.2 Å². The van der Waals surface area contributed by atoms with Gasteiger partial charge >= 0.3 is 6.09 Å². The molecule has 4 rings (SSSR count).